The molecule has 0 radical (unpaired) electrons. The van der Waals surface area contributed by atoms with Gasteiger partial charge in [0.05, 0.1) is 0 Å². The monoisotopic (exact) mass is 270 g/mol. The van der Waals surface area contributed by atoms with Gasteiger partial charge in [-0.25, -0.2) is 0 Å². The average molecular weight is 270 g/mol. The number of hydrogen-bond acceptors (Lipinski definition) is 2. The van der Waals surface area contributed by atoms with E-state index in [1.54, 1.807) is 6.42 Å². The zero-order valence-electron chi connectivity index (χ0n) is 12.5. The lowest BCUT2D eigenvalue weighted by molar-refractivity contribution is -0.0494. The molecule has 4 bridgehead atoms. The molecule has 0 amide bonds. The molecule has 0 aromatic carbocycles. The van der Waals surface area contributed by atoms with Crippen molar-refractivity contribution in [2.75, 3.05) is 0 Å². The average Bonchev–Trinajstić information content (AvgIpc) is 2.45. The summed E-state index contributed by atoms with van der Waals surface area (Å²) in [4.78, 5) is 4.21. The number of nitrogens with zero attached hydrogens (tertiary/aromatic N) is 1. The van der Waals surface area contributed by atoms with E-state index in [-0.39, 0.29) is 0 Å². The summed E-state index contributed by atoms with van der Waals surface area (Å²) in [6.45, 7) is 3.39. The normalized spacial score (nSPS) is 40.0. The molecule has 108 valence electrons. The summed E-state index contributed by atoms with van der Waals surface area (Å²) in [7, 11) is 0. The predicted molar refractivity (Wildman–Crippen MR) is 81.1 cm³/mol. The molecule has 2 nitrogen and oxygen atoms in total. The van der Waals surface area contributed by atoms with Crippen LogP contribution in [0, 0.1) is 29.6 Å². The molecule has 4 aliphatic rings. The summed E-state index contributed by atoms with van der Waals surface area (Å²) >= 11 is 0. The molecule has 0 aliphatic heterocycles. The fourth-order valence-corrected chi connectivity index (χ4v) is 5.70. The Hall–Kier alpha value is -0.890. The summed E-state index contributed by atoms with van der Waals surface area (Å²) < 4.78 is 0. The first-order valence-corrected chi connectivity index (χ1v) is 8.42. The Bertz CT molecular complexity index is 428. The minimum Gasteiger partial charge on any atom is -0.310 e. The van der Waals surface area contributed by atoms with Gasteiger partial charge in [0.1, 0.15) is 0 Å². The third-order valence-corrected chi connectivity index (χ3v) is 6.23. The molecule has 1 atom stereocenters. The van der Waals surface area contributed by atoms with Gasteiger partial charge >= 0.3 is 0 Å². The molecule has 4 saturated carbocycles. The molecule has 1 unspecified atom stereocenters. The Balaban J connectivity index is 1.40. The van der Waals surface area contributed by atoms with Crippen LogP contribution in [0.4, 0.5) is 0 Å². The highest BCUT2D eigenvalue weighted by molar-refractivity contribution is 5.08. The lowest BCUT2D eigenvalue weighted by Crippen LogP contribution is -2.51. The van der Waals surface area contributed by atoms with Crippen LogP contribution in [0.5, 0.6) is 0 Å². The summed E-state index contributed by atoms with van der Waals surface area (Å²) in [6, 6.07) is 4.86. The number of aromatic nitrogens is 1. The van der Waals surface area contributed by atoms with E-state index in [1.807, 2.05) is 18.5 Å². The molecule has 0 spiro atoms. The molecule has 1 aromatic rings. The van der Waals surface area contributed by atoms with Crippen LogP contribution in [0.15, 0.2) is 24.5 Å². The first kappa shape index (κ1) is 12.8. The molecule has 4 fully saturated rings. The van der Waals surface area contributed by atoms with Crippen LogP contribution in [0.3, 0.4) is 0 Å². The van der Waals surface area contributed by atoms with E-state index in [1.165, 1.54) is 31.2 Å². The molecule has 5 rings (SSSR count). The van der Waals surface area contributed by atoms with Crippen LogP contribution in [-0.2, 0) is 6.54 Å². The van der Waals surface area contributed by atoms with Crippen molar-refractivity contribution in [2.24, 2.45) is 29.6 Å². The fraction of sp³-hybridized carbons (Fsp3) is 0.722. The third-order valence-electron chi connectivity index (χ3n) is 6.23. The van der Waals surface area contributed by atoms with Crippen molar-refractivity contribution in [3.8, 4) is 0 Å². The zero-order chi connectivity index (χ0) is 13.5. The van der Waals surface area contributed by atoms with Crippen molar-refractivity contribution < 1.29 is 0 Å². The molecular weight excluding hydrogens is 244 g/mol. The van der Waals surface area contributed by atoms with Crippen LogP contribution in [0.2, 0.25) is 0 Å². The summed E-state index contributed by atoms with van der Waals surface area (Å²) in [5.74, 6) is 5.13. The van der Waals surface area contributed by atoms with Gasteiger partial charge in [-0.15, -0.1) is 0 Å². The first-order chi connectivity index (χ1) is 9.79. The number of hydrogen-bond donors (Lipinski definition) is 1. The Morgan fingerprint density at radius 3 is 2.45 bits per heavy atom. The van der Waals surface area contributed by atoms with Gasteiger partial charge in [-0.3, -0.25) is 4.98 Å². The van der Waals surface area contributed by atoms with E-state index in [0.717, 1.165) is 36.1 Å². The second kappa shape index (κ2) is 5.14. The highest BCUT2D eigenvalue weighted by Crippen LogP contribution is 2.57. The number of rotatable bonds is 4. The molecule has 1 heterocycles. The van der Waals surface area contributed by atoms with Crippen LogP contribution >= 0.6 is 0 Å². The smallest absolute Gasteiger partial charge is 0.0312 e. The zero-order valence-corrected chi connectivity index (χ0v) is 12.5. The van der Waals surface area contributed by atoms with Crippen LogP contribution in [0.1, 0.15) is 44.6 Å². The van der Waals surface area contributed by atoms with E-state index in [9.17, 15) is 0 Å². The van der Waals surface area contributed by atoms with Crippen LogP contribution in [-0.4, -0.2) is 11.0 Å². The van der Waals surface area contributed by atoms with Crippen molar-refractivity contribution in [2.45, 2.75) is 51.6 Å². The van der Waals surface area contributed by atoms with Gasteiger partial charge in [-0.05, 0) is 80.2 Å². The van der Waals surface area contributed by atoms with Gasteiger partial charge in [0.15, 0.2) is 0 Å². The molecule has 0 saturated heterocycles. The Morgan fingerprint density at radius 1 is 1.15 bits per heavy atom. The minimum absolute atomic E-state index is 0.658. The second-order valence-electron chi connectivity index (χ2n) is 7.54. The highest BCUT2D eigenvalue weighted by atomic mass is 14.9. The van der Waals surface area contributed by atoms with E-state index in [4.69, 9.17) is 0 Å². The lowest BCUT2D eigenvalue weighted by Gasteiger charge is -2.56. The molecule has 1 N–H and O–H groups in total. The van der Waals surface area contributed by atoms with Crippen LogP contribution in [0.25, 0.3) is 0 Å². The van der Waals surface area contributed by atoms with E-state index >= 15 is 0 Å². The van der Waals surface area contributed by atoms with Gasteiger partial charge in [-0.1, -0.05) is 6.07 Å². The standard InChI is InChI=1S/C18H26N2/c1-12(20-11-13-3-2-4-19-10-13)18-16-6-14-5-15(8-16)9-17(18)7-14/h2-4,10,12,14-18,20H,5-9,11H2,1H3. The van der Waals surface area contributed by atoms with Crippen molar-refractivity contribution >= 4 is 0 Å². The topological polar surface area (TPSA) is 24.9 Å². The fourth-order valence-electron chi connectivity index (χ4n) is 5.70. The van der Waals surface area contributed by atoms with Gasteiger partial charge in [0, 0.05) is 25.0 Å². The summed E-state index contributed by atoms with van der Waals surface area (Å²) in [5, 5.41) is 3.79. The van der Waals surface area contributed by atoms with Gasteiger partial charge < -0.3 is 5.32 Å². The van der Waals surface area contributed by atoms with Gasteiger partial charge in [0.25, 0.3) is 0 Å². The minimum atomic E-state index is 0.658. The first-order valence-electron chi connectivity index (χ1n) is 8.42. The van der Waals surface area contributed by atoms with Crippen molar-refractivity contribution in [1.29, 1.82) is 0 Å². The van der Waals surface area contributed by atoms with Gasteiger partial charge in [0.2, 0.25) is 0 Å². The van der Waals surface area contributed by atoms with Crippen molar-refractivity contribution in [1.82, 2.24) is 10.3 Å². The van der Waals surface area contributed by atoms with Crippen molar-refractivity contribution in [3.63, 3.8) is 0 Å². The molecule has 2 heteroatoms. The third kappa shape index (κ3) is 2.28. The van der Waals surface area contributed by atoms with E-state index in [0.29, 0.717) is 6.04 Å². The molecular formula is C18H26N2. The second-order valence-corrected chi connectivity index (χ2v) is 7.54. The van der Waals surface area contributed by atoms with Crippen LogP contribution < -0.4 is 5.32 Å². The Labute approximate surface area is 122 Å². The SMILES string of the molecule is CC(NCc1cccnc1)C1C2CC3CC(C2)CC1C3. The maximum absolute atomic E-state index is 4.21. The largest absolute Gasteiger partial charge is 0.310 e. The van der Waals surface area contributed by atoms with E-state index in [2.05, 4.69) is 23.3 Å². The molecule has 1 aromatic heterocycles. The van der Waals surface area contributed by atoms with Gasteiger partial charge in [-0.2, -0.15) is 0 Å². The molecule has 20 heavy (non-hydrogen) atoms. The highest BCUT2D eigenvalue weighted by Gasteiger charge is 2.49. The Morgan fingerprint density at radius 2 is 1.85 bits per heavy atom. The maximum atomic E-state index is 4.21. The summed E-state index contributed by atoms with van der Waals surface area (Å²) in [5.41, 5.74) is 1.31. The number of nitrogens with one attached hydrogen (secondary N) is 1. The quantitative estimate of drug-likeness (QED) is 0.903. The van der Waals surface area contributed by atoms with E-state index < -0.39 is 0 Å². The maximum Gasteiger partial charge on any atom is 0.0312 e. The Kier molecular flexibility index (Phi) is 3.30. The molecule has 4 aliphatic carbocycles. The number of pyridine rings is 1. The summed E-state index contributed by atoms with van der Waals surface area (Å²) in [6.07, 6.45) is 11.5. The lowest BCUT2D eigenvalue weighted by atomic mass is 9.50. The predicted octanol–water partition coefficient (Wildman–Crippen LogP) is 3.63. The van der Waals surface area contributed by atoms with Crippen molar-refractivity contribution in [3.05, 3.63) is 30.1 Å².